The molecular formula is C15H21BrN4. The Bertz CT molecular complexity index is 574. The summed E-state index contributed by atoms with van der Waals surface area (Å²) in [7, 11) is 4.11. The molecule has 0 radical (unpaired) electrons. The van der Waals surface area contributed by atoms with Crippen LogP contribution in [0.4, 0.5) is 5.69 Å². The van der Waals surface area contributed by atoms with E-state index in [1.807, 2.05) is 23.9 Å². The molecule has 0 atom stereocenters. The monoisotopic (exact) mass is 336 g/mol. The Morgan fingerprint density at radius 1 is 1.25 bits per heavy atom. The largest absolute Gasteiger partial charge is 0.399 e. The first-order valence-corrected chi connectivity index (χ1v) is 7.53. The number of rotatable bonds is 5. The second kappa shape index (κ2) is 6.41. The molecule has 0 spiro atoms. The number of anilines is 1. The van der Waals surface area contributed by atoms with Crippen LogP contribution in [0.25, 0.3) is 0 Å². The van der Waals surface area contributed by atoms with Crippen LogP contribution in [0.15, 0.2) is 28.7 Å². The van der Waals surface area contributed by atoms with E-state index in [1.54, 1.807) is 0 Å². The number of halogens is 1. The number of hydrogen-bond acceptors (Lipinski definition) is 3. The second-order valence-electron chi connectivity index (χ2n) is 5.10. The molecule has 1 aromatic heterocycles. The first kappa shape index (κ1) is 15.1. The summed E-state index contributed by atoms with van der Waals surface area (Å²) in [5, 5.41) is 4.53. The molecular weight excluding hydrogens is 316 g/mol. The van der Waals surface area contributed by atoms with Gasteiger partial charge in [-0.05, 0) is 47.1 Å². The summed E-state index contributed by atoms with van der Waals surface area (Å²) in [5.41, 5.74) is 10.1. The Hall–Kier alpha value is -1.33. The first-order valence-electron chi connectivity index (χ1n) is 6.74. The van der Waals surface area contributed by atoms with Gasteiger partial charge in [0.15, 0.2) is 0 Å². The zero-order valence-corrected chi connectivity index (χ0v) is 13.8. The third-order valence-corrected chi connectivity index (χ3v) is 4.27. The molecule has 2 rings (SSSR count). The second-order valence-corrected chi connectivity index (χ2v) is 5.89. The van der Waals surface area contributed by atoms with Crippen molar-refractivity contribution in [3.63, 3.8) is 0 Å². The summed E-state index contributed by atoms with van der Waals surface area (Å²) in [6.45, 7) is 3.86. The standard InChI is InChI=1S/C15H21BrN4/c1-4-13-15(16)14(20(3)18-13)10-19(2)9-11-5-7-12(17)8-6-11/h5-8H,4,9-10,17H2,1-3H3. The summed E-state index contributed by atoms with van der Waals surface area (Å²) in [4.78, 5) is 2.27. The van der Waals surface area contributed by atoms with Crippen molar-refractivity contribution >= 4 is 21.6 Å². The molecule has 0 saturated heterocycles. The maximum Gasteiger partial charge on any atom is 0.0767 e. The van der Waals surface area contributed by atoms with Crippen LogP contribution >= 0.6 is 15.9 Å². The third-order valence-electron chi connectivity index (χ3n) is 3.35. The van der Waals surface area contributed by atoms with Crippen LogP contribution in [-0.4, -0.2) is 21.7 Å². The van der Waals surface area contributed by atoms with Gasteiger partial charge >= 0.3 is 0 Å². The van der Waals surface area contributed by atoms with Gasteiger partial charge in [-0.2, -0.15) is 5.10 Å². The van der Waals surface area contributed by atoms with Crippen LogP contribution in [0.1, 0.15) is 23.9 Å². The number of nitrogen functional groups attached to an aromatic ring is 1. The molecule has 1 heterocycles. The van der Waals surface area contributed by atoms with Crippen molar-refractivity contribution in [2.75, 3.05) is 12.8 Å². The van der Waals surface area contributed by atoms with Gasteiger partial charge < -0.3 is 5.73 Å². The molecule has 0 aliphatic rings. The predicted molar refractivity (Wildman–Crippen MR) is 86.3 cm³/mol. The summed E-state index contributed by atoms with van der Waals surface area (Å²) in [5.74, 6) is 0. The molecule has 0 aliphatic carbocycles. The lowest BCUT2D eigenvalue weighted by Gasteiger charge is -2.17. The molecule has 2 N–H and O–H groups in total. The Morgan fingerprint density at radius 2 is 1.90 bits per heavy atom. The Balaban J connectivity index is 2.06. The minimum atomic E-state index is 0.804. The smallest absolute Gasteiger partial charge is 0.0767 e. The highest BCUT2D eigenvalue weighted by atomic mass is 79.9. The van der Waals surface area contributed by atoms with Crippen molar-refractivity contribution < 1.29 is 0 Å². The van der Waals surface area contributed by atoms with Gasteiger partial charge in [0, 0.05) is 25.8 Å². The van der Waals surface area contributed by atoms with Crippen molar-refractivity contribution in [1.82, 2.24) is 14.7 Å². The summed E-state index contributed by atoms with van der Waals surface area (Å²) in [6.07, 6.45) is 0.941. The van der Waals surface area contributed by atoms with E-state index in [9.17, 15) is 0 Å². The normalized spacial score (nSPS) is 11.2. The number of benzene rings is 1. The fourth-order valence-electron chi connectivity index (χ4n) is 2.24. The van der Waals surface area contributed by atoms with Crippen molar-refractivity contribution in [1.29, 1.82) is 0 Å². The molecule has 0 fully saturated rings. The van der Waals surface area contributed by atoms with Crippen LogP contribution in [0, 0.1) is 0 Å². The van der Waals surface area contributed by atoms with Crippen molar-refractivity contribution in [2.45, 2.75) is 26.4 Å². The van der Waals surface area contributed by atoms with Crippen LogP contribution in [0.2, 0.25) is 0 Å². The fraction of sp³-hybridized carbons (Fsp3) is 0.400. The molecule has 2 aromatic rings. The van der Waals surface area contributed by atoms with Crippen LogP contribution in [-0.2, 0) is 26.6 Å². The van der Waals surface area contributed by atoms with E-state index < -0.39 is 0 Å². The molecule has 0 amide bonds. The van der Waals surface area contributed by atoms with Gasteiger partial charge in [-0.15, -0.1) is 0 Å². The zero-order valence-electron chi connectivity index (χ0n) is 12.2. The average molecular weight is 337 g/mol. The lowest BCUT2D eigenvalue weighted by molar-refractivity contribution is 0.309. The summed E-state index contributed by atoms with van der Waals surface area (Å²) < 4.78 is 3.09. The lowest BCUT2D eigenvalue weighted by atomic mass is 10.2. The molecule has 108 valence electrons. The van der Waals surface area contributed by atoms with Gasteiger partial charge in [0.2, 0.25) is 0 Å². The van der Waals surface area contributed by atoms with Gasteiger partial charge in [0.25, 0.3) is 0 Å². The van der Waals surface area contributed by atoms with Gasteiger partial charge in [-0.25, -0.2) is 0 Å². The highest BCUT2D eigenvalue weighted by Gasteiger charge is 2.14. The molecule has 0 aliphatic heterocycles. The SMILES string of the molecule is CCc1nn(C)c(CN(C)Cc2ccc(N)cc2)c1Br. The number of nitrogens with two attached hydrogens (primary N) is 1. The van der Waals surface area contributed by atoms with Gasteiger partial charge in [0.05, 0.1) is 15.9 Å². The molecule has 0 saturated carbocycles. The average Bonchev–Trinajstić information content (AvgIpc) is 2.69. The number of nitrogens with zero attached hydrogens (tertiary/aromatic N) is 3. The van der Waals surface area contributed by atoms with Crippen LogP contribution in [0.3, 0.4) is 0 Å². The highest BCUT2D eigenvalue weighted by molar-refractivity contribution is 9.10. The van der Waals surface area contributed by atoms with E-state index in [1.165, 1.54) is 11.3 Å². The predicted octanol–water partition coefficient (Wildman–Crippen LogP) is 2.96. The molecule has 1 aromatic carbocycles. The fourth-order valence-corrected chi connectivity index (χ4v) is 2.98. The first-order chi connectivity index (χ1) is 9.51. The van der Waals surface area contributed by atoms with Crippen LogP contribution < -0.4 is 5.73 Å². The topological polar surface area (TPSA) is 47.1 Å². The number of aromatic nitrogens is 2. The summed E-state index contributed by atoms with van der Waals surface area (Å²) >= 11 is 3.66. The van der Waals surface area contributed by atoms with Gasteiger partial charge in [-0.3, -0.25) is 9.58 Å². The molecule has 0 bridgehead atoms. The van der Waals surface area contributed by atoms with Crippen molar-refractivity contribution in [3.8, 4) is 0 Å². The third kappa shape index (κ3) is 3.41. The van der Waals surface area contributed by atoms with Crippen LogP contribution in [0.5, 0.6) is 0 Å². The van der Waals surface area contributed by atoms with Gasteiger partial charge in [0.1, 0.15) is 0 Å². The maximum absolute atomic E-state index is 5.71. The molecule has 5 heteroatoms. The van der Waals surface area contributed by atoms with E-state index in [0.29, 0.717) is 0 Å². The Labute approximate surface area is 128 Å². The molecule has 4 nitrogen and oxygen atoms in total. The van der Waals surface area contributed by atoms with Crippen molar-refractivity contribution in [2.24, 2.45) is 7.05 Å². The van der Waals surface area contributed by atoms with Gasteiger partial charge in [-0.1, -0.05) is 19.1 Å². The highest BCUT2D eigenvalue weighted by Crippen LogP contribution is 2.23. The van der Waals surface area contributed by atoms with E-state index in [-0.39, 0.29) is 0 Å². The Kier molecular flexibility index (Phi) is 4.83. The minimum Gasteiger partial charge on any atom is -0.399 e. The zero-order chi connectivity index (χ0) is 14.7. The molecule has 20 heavy (non-hydrogen) atoms. The van der Waals surface area contributed by atoms with E-state index in [0.717, 1.165) is 35.4 Å². The van der Waals surface area contributed by atoms with Crippen molar-refractivity contribution in [3.05, 3.63) is 45.7 Å². The number of aryl methyl sites for hydroxylation is 2. The summed E-state index contributed by atoms with van der Waals surface area (Å²) in [6, 6.07) is 8.03. The quantitative estimate of drug-likeness (QED) is 0.854. The number of hydrogen-bond donors (Lipinski definition) is 1. The lowest BCUT2D eigenvalue weighted by Crippen LogP contribution is -2.19. The maximum atomic E-state index is 5.71. The van der Waals surface area contributed by atoms with E-state index in [2.05, 4.69) is 52.0 Å². The van der Waals surface area contributed by atoms with E-state index >= 15 is 0 Å². The molecule has 0 unspecified atom stereocenters. The Morgan fingerprint density at radius 3 is 2.45 bits per heavy atom. The van der Waals surface area contributed by atoms with E-state index in [4.69, 9.17) is 5.73 Å². The minimum absolute atomic E-state index is 0.804.